The summed E-state index contributed by atoms with van der Waals surface area (Å²) in [6.45, 7) is 3.91. The van der Waals surface area contributed by atoms with Gasteiger partial charge in [-0.3, -0.25) is 4.79 Å². The van der Waals surface area contributed by atoms with Gasteiger partial charge in [-0.05, 0) is 44.7 Å². The maximum absolute atomic E-state index is 12.9. The fourth-order valence-corrected chi connectivity index (χ4v) is 4.73. The van der Waals surface area contributed by atoms with Gasteiger partial charge >= 0.3 is 0 Å². The Morgan fingerprint density at radius 3 is 2.81 bits per heavy atom. The second-order valence-electron chi connectivity index (χ2n) is 7.28. The Labute approximate surface area is 159 Å². The zero-order chi connectivity index (χ0) is 17.9. The molecule has 2 aromatic rings. The van der Waals surface area contributed by atoms with Crippen molar-refractivity contribution in [2.45, 2.75) is 62.9 Å². The van der Waals surface area contributed by atoms with E-state index in [-0.39, 0.29) is 11.9 Å². The molecule has 0 radical (unpaired) electrons. The Morgan fingerprint density at radius 1 is 1.12 bits per heavy atom. The highest BCUT2D eigenvalue weighted by Gasteiger charge is 2.34. The first-order valence-electron chi connectivity index (χ1n) is 9.63. The Hall–Kier alpha value is -1.82. The summed E-state index contributed by atoms with van der Waals surface area (Å²) in [5.74, 6) is 2.81. The van der Waals surface area contributed by atoms with E-state index in [1.54, 1.807) is 11.8 Å². The predicted octanol–water partition coefficient (Wildman–Crippen LogP) is 3.77. The van der Waals surface area contributed by atoms with Gasteiger partial charge in [0.2, 0.25) is 5.91 Å². The molecule has 2 aliphatic heterocycles. The molecule has 2 aliphatic rings. The molecule has 1 aromatic heterocycles. The number of carbonyl (C=O) groups excluding carboxylic acids is 1. The molecule has 3 heterocycles. The average Bonchev–Trinajstić information content (AvgIpc) is 3.22. The number of rotatable bonds is 4. The minimum Gasteiger partial charge on any atom is -0.332 e. The third-order valence-electron chi connectivity index (χ3n) is 5.39. The maximum Gasteiger partial charge on any atom is 0.233 e. The van der Waals surface area contributed by atoms with Crippen molar-refractivity contribution in [3.05, 3.63) is 41.5 Å². The monoisotopic (exact) mass is 370 g/mol. The van der Waals surface area contributed by atoms with Gasteiger partial charge in [0.25, 0.3) is 0 Å². The minimum absolute atomic E-state index is 0.0977. The van der Waals surface area contributed by atoms with E-state index in [9.17, 15) is 4.79 Å². The first kappa shape index (κ1) is 17.6. The van der Waals surface area contributed by atoms with Gasteiger partial charge in [-0.15, -0.1) is 22.0 Å². The summed E-state index contributed by atoms with van der Waals surface area (Å²) in [5.41, 5.74) is 1.24. The number of hydrogen-bond acceptors (Lipinski definition) is 4. The summed E-state index contributed by atoms with van der Waals surface area (Å²) >= 11 is 1.62. The second-order valence-corrected chi connectivity index (χ2v) is 8.33. The highest BCUT2D eigenvalue weighted by atomic mass is 32.2. The van der Waals surface area contributed by atoms with Gasteiger partial charge in [-0.1, -0.05) is 24.1 Å². The summed E-state index contributed by atoms with van der Waals surface area (Å²) < 4.78 is 2.29. The third kappa shape index (κ3) is 3.65. The number of aromatic nitrogens is 3. The van der Waals surface area contributed by atoms with E-state index in [2.05, 4.69) is 46.0 Å². The average molecular weight is 371 g/mol. The van der Waals surface area contributed by atoms with Crippen molar-refractivity contribution >= 4 is 17.7 Å². The molecule has 0 N–H and O–H groups in total. The summed E-state index contributed by atoms with van der Waals surface area (Å²) in [4.78, 5) is 16.1. The number of amides is 1. The van der Waals surface area contributed by atoms with Crippen LogP contribution in [0.1, 0.15) is 55.4 Å². The molecule has 0 bridgehead atoms. The lowest BCUT2D eigenvalue weighted by Crippen LogP contribution is -2.33. The molecule has 1 amide bonds. The van der Waals surface area contributed by atoms with Gasteiger partial charge in [-0.25, -0.2) is 0 Å². The van der Waals surface area contributed by atoms with Crippen LogP contribution in [0.25, 0.3) is 0 Å². The molecule has 4 rings (SSSR count). The van der Waals surface area contributed by atoms with Crippen LogP contribution in [-0.2, 0) is 17.8 Å². The SMILES string of the molecule is Cc1ccc(SCC(=O)N2CCCC2c2nnc3n2CCCCC3)cc1. The number of fused-ring (bicyclic) bond motifs is 1. The van der Waals surface area contributed by atoms with E-state index in [4.69, 9.17) is 0 Å². The largest absolute Gasteiger partial charge is 0.332 e. The van der Waals surface area contributed by atoms with Crippen molar-refractivity contribution in [2.75, 3.05) is 12.3 Å². The molecule has 6 heteroatoms. The number of benzene rings is 1. The molecule has 1 aromatic carbocycles. The summed E-state index contributed by atoms with van der Waals surface area (Å²) in [6.07, 6.45) is 6.69. The Balaban J connectivity index is 1.45. The molecule has 0 spiro atoms. The van der Waals surface area contributed by atoms with Crippen LogP contribution in [0.2, 0.25) is 0 Å². The fourth-order valence-electron chi connectivity index (χ4n) is 3.95. The fraction of sp³-hybridized carbons (Fsp3) is 0.550. The molecule has 1 unspecified atom stereocenters. The molecule has 1 fully saturated rings. The van der Waals surface area contributed by atoms with E-state index in [0.29, 0.717) is 5.75 Å². The molecule has 26 heavy (non-hydrogen) atoms. The van der Waals surface area contributed by atoms with Crippen LogP contribution in [-0.4, -0.2) is 37.9 Å². The topological polar surface area (TPSA) is 51.0 Å². The molecule has 1 saturated heterocycles. The predicted molar refractivity (Wildman–Crippen MR) is 103 cm³/mol. The Morgan fingerprint density at radius 2 is 1.96 bits per heavy atom. The molecule has 138 valence electrons. The third-order valence-corrected chi connectivity index (χ3v) is 6.39. The number of nitrogens with zero attached hydrogens (tertiary/aromatic N) is 4. The molecule has 0 aliphatic carbocycles. The van der Waals surface area contributed by atoms with E-state index in [1.807, 2.05) is 4.90 Å². The standard InChI is InChI=1S/C20H26N4OS/c1-15-8-10-16(11-9-15)26-14-19(25)23-13-5-6-17(23)20-22-21-18-7-3-2-4-12-24(18)20/h8-11,17H,2-7,12-14H2,1H3. The quantitative estimate of drug-likeness (QED) is 0.769. The van der Waals surface area contributed by atoms with E-state index >= 15 is 0 Å². The van der Waals surface area contributed by atoms with Crippen molar-refractivity contribution in [1.82, 2.24) is 19.7 Å². The van der Waals surface area contributed by atoms with Gasteiger partial charge in [0, 0.05) is 24.4 Å². The van der Waals surface area contributed by atoms with Crippen LogP contribution >= 0.6 is 11.8 Å². The number of thioether (sulfide) groups is 1. The Kier molecular flexibility index (Phi) is 5.29. The molecule has 0 saturated carbocycles. The molecule has 5 nitrogen and oxygen atoms in total. The number of carbonyl (C=O) groups is 1. The molecule has 1 atom stereocenters. The number of hydrogen-bond donors (Lipinski definition) is 0. The lowest BCUT2D eigenvalue weighted by Gasteiger charge is -2.24. The van der Waals surface area contributed by atoms with E-state index < -0.39 is 0 Å². The summed E-state index contributed by atoms with van der Waals surface area (Å²) in [7, 11) is 0. The van der Waals surface area contributed by atoms with Crippen LogP contribution in [0.3, 0.4) is 0 Å². The lowest BCUT2D eigenvalue weighted by molar-refractivity contribution is -0.129. The van der Waals surface area contributed by atoms with Crippen LogP contribution in [0.5, 0.6) is 0 Å². The van der Waals surface area contributed by atoms with Gasteiger partial charge in [-0.2, -0.15) is 0 Å². The van der Waals surface area contributed by atoms with Crippen LogP contribution in [0.15, 0.2) is 29.2 Å². The van der Waals surface area contributed by atoms with Crippen LogP contribution < -0.4 is 0 Å². The lowest BCUT2D eigenvalue weighted by atomic mass is 10.2. The van der Waals surface area contributed by atoms with Gasteiger partial charge in [0.05, 0.1) is 11.8 Å². The zero-order valence-electron chi connectivity index (χ0n) is 15.4. The minimum atomic E-state index is 0.0977. The Bertz CT molecular complexity index is 771. The van der Waals surface area contributed by atoms with Gasteiger partial charge in [0.1, 0.15) is 5.82 Å². The summed E-state index contributed by atoms with van der Waals surface area (Å²) in [5, 5.41) is 8.92. The van der Waals surface area contributed by atoms with Crippen LogP contribution in [0, 0.1) is 6.92 Å². The van der Waals surface area contributed by atoms with Crippen molar-refractivity contribution < 1.29 is 4.79 Å². The number of likely N-dealkylation sites (tertiary alicyclic amines) is 1. The highest BCUT2D eigenvalue weighted by Crippen LogP contribution is 2.33. The zero-order valence-corrected chi connectivity index (χ0v) is 16.2. The first-order valence-corrected chi connectivity index (χ1v) is 10.6. The maximum atomic E-state index is 12.9. The van der Waals surface area contributed by atoms with Crippen LogP contribution in [0.4, 0.5) is 0 Å². The van der Waals surface area contributed by atoms with Gasteiger partial charge in [0.15, 0.2) is 5.82 Å². The van der Waals surface area contributed by atoms with Gasteiger partial charge < -0.3 is 9.47 Å². The van der Waals surface area contributed by atoms with Crippen molar-refractivity contribution in [3.63, 3.8) is 0 Å². The highest BCUT2D eigenvalue weighted by molar-refractivity contribution is 8.00. The van der Waals surface area contributed by atoms with Crippen molar-refractivity contribution in [2.24, 2.45) is 0 Å². The number of aryl methyl sites for hydroxylation is 2. The molecular formula is C20H26N4OS. The van der Waals surface area contributed by atoms with E-state index in [1.165, 1.54) is 24.8 Å². The van der Waals surface area contributed by atoms with Crippen molar-refractivity contribution in [1.29, 1.82) is 0 Å². The normalized spacial score (nSPS) is 20.0. The first-order chi connectivity index (χ1) is 12.7. The second kappa shape index (κ2) is 7.82. The smallest absolute Gasteiger partial charge is 0.233 e. The van der Waals surface area contributed by atoms with Crippen molar-refractivity contribution in [3.8, 4) is 0 Å². The molecular weight excluding hydrogens is 344 g/mol. The van der Waals surface area contributed by atoms with E-state index in [0.717, 1.165) is 48.9 Å². The summed E-state index contributed by atoms with van der Waals surface area (Å²) in [6, 6.07) is 8.47.